The summed E-state index contributed by atoms with van der Waals surface area (Å²) in [6.07, 6.45) is 0. The Morgan fingerprint density at radius 3 is 2.35 bits per heavy atom. The third-order valence-corrected chi connectivity index (χ3v) is 3.83. The third-order valence-electron chi connectivity index (χ3n) is 3.83. The molecule has 0 saturated carbocycles. The molecule has 0 aliphatic rings. The van der Waals surface area contributed by atoms with E-state index in [-0.39, 0.29) is 11.5 Å². The molecule has 1 unspecified atom stereocenters. The second-order valence-corrected chi connectivity index (χ2v) is 5.46. The van der Waals surface area contributed by atoms with Gasteiger partial charge in [-0.05, 0) is 23.3 Å². The molecule has 0 bridgehead atoms. The topological polar surface area (TPSA) is 47.3 Å². The van der Waals surface area contributed by atoms with Crippen molar-refractivity contribution in [2.75, 3.05) is 7.11 Å². The maximum atomic E-state index is 5.83. The van der Waals surface area contributed by atoms with Gasteiger partial charge in [0.1, 0.15) is 5.75 Å². The standard InChI is InChI=1S/C17H22N2O/c1-17(2,14-9-5-4-6-10-14)16(19-18)13-8-7-11-15(12-13)20-3/h4-12,16,19H,18H2,1-3H3. The fourth-order valence-corrected chi connectivity index (χ4v) is 2.58. The fourth-order valence-electron chi connectivity index (χ4n) is 2.58. The van der Waals surface area contributed by atoms with Gasteiger partial charge in [0.15, 0.2) is 0 Å². The van der Waals surface area contributed by atoms with Crippen LogP contribution < -0.4 is 16.0 Å². The minimum absolute atomic E-state index is 0.000000000000000444. The van der Waals surface area contributed by atoms with E-state index in [0.717, 1.165) is 11.3 Å². The van der Waals surface area contributed by atoms with Gasteiger partial charge in [0, 0.05) is 5.41 Å². The van der Waals surface area contributed by atoms with Gasteiger partial charge in [-0.25, -0.2) is 0 Å². The van der Waals surface area contributed by atoms with E-state index in [2.05, 4.69) is 49.6 Å². The molecule has 2 aromatic rings. The number of benzene rings is 2. The molecule has 3 N–H and O–H groups in total. The minimum atomic E-state index is -0.137. The average molecular weight is 270 g/mol. The van der Waals surface area contributed by atoms with Crippen LogP contribution in [0.2, 0.25) is 0 Å². The zero-order valence-electron chi connectivity index (χ0n) is 12.3. The van der Waals surface area contributed by atoms with Crippen LogP contribution in [0.15, 0.2) is 54.6 Å². The number of rotatable bonds is 5. The summed E-state index contributed by atoms with van der Waals surface area (Å²) >= 11 is 0. The monoisotopic (exact) mass is 270 g/mol. The smallest absolute Gasteiger partial charge is 0.119 e. The second-order valence-electron chi connectivity index (χ2n) is 5.46. The molecule has 1 atom stereocenters. The lowest BCUT2D eigenvalue weighted by molar-refractivity contribution is 0.350. The molecule has 0 aliphatic heterocycles. The molecule has 0 aromatic heterocycles. The van der Waals surface area contributed by atoms with E-state index in [1.807, 2.05) is 24.3 Å². The normalized spacial score (nSPS) is 13.0. The molecular weight excluding hydrogens is 248 g/mol. The summed E-state index contributed by atoms with van der Waals surface area (Å²) < 4.78 is 5.30. The van der Waals surface area contributed by atoms with Crippen molar-refractivity contribution >= 4 is 0 Å². The lowest BCUT2D eigenvalue weighted by Crippen LogP contribution is -2.41. The molecule has 0 radical (unpaired) electrons. The Bertz CT molecular complexity index is 552. The van der Waals surface area contributed by atoms with Crippen molar-refractivity contribution in [1.29, 1.82) is 0 Å². The first-order chi connectivity index (χ1) is 9.59. The van der Waals surface area contributed by atoms with Crippen molar-refractivity contribution in [1.82, 2.24) is 5.43 Å². The van der Waals surface area contributed by atoms with E-state index in [9.17, 15) is 0 Å². The number of ether oxygens (including phenoxy) is 1. The highest BCUT2D eigenvalue weighted by Crippen LogP contribution is 2.37. The van der Waals surface area contributed by atoms with Gasteiger partial charge in [-0.1, -0.05) is 56.3 Å². The molecule has 0 amide bonds. The Hall–Kier alpha value is -1.84. The molecule has 2 rings (SSSR count). The van der Waals surface area contributed by atoms with Crippen LogP contribution in [0.1, 0.15) is 31.0 Å². The van der Waals surface area contributed by atoms with Crippen LogP contribution in [0.5, 0.6) is 5.75 Å². The Kier molecular flexibility index (Phi) is 4.42. The van der Waals surface area contributed by atoms with Crippen molar-refractivity contribution in [3.63, 3.8) is 0 Å². The summed E-state index contributed by atoms with van der Waals surface area (Å²) in [6, 6.07) is 18.4. The van der Waals surface area contributed by atoms with Crippen LogP contribution >= 0.6 is 0 Å². The third kappa shape index (κ3) is 2.84. The van der Waals surface area contributed by atoms with Gasteiger partial charge in [0.25, 0.3) is 0 Å². The molecular formula is C17H22N2O. The number of hydrazine groups is 1. The molecule has 0 aliphatic carbocycles. The predicted octanol–water partition coefficient (Wildman–Crippen LogP) is 3.18. The van der Waals surface area contributed by atoms with Crippen LogP contribution in [0.4, 0.5) is 0 Å². The van der Waals surface area contributed by atoms with E-state index >= 15 is 0 Å². The number of methoxy groups -OCH3 is 1. The first-order valence-electron chi connectivity index (χ1n) is 6.75. The first-order valence-corrected chi connectivity index (χ1v) is 6.75. The summed E-state index contributed by atoms with van der Waals surface area (Å²) in [7, 11) is 1.67. The number of hydrogen-bond donors (Lipinski definition) is 2. The molecule has 2 aromatic carbocycles. The molecule has 0 fully saturated rings. The van der Waals surface area contributed by atoms with Gasteiger partial charge >= 0.3 is 0 Å². The summed E-state index contributed by atoms with van der Waals surface area (Å²) in [6.45, 7) is 4.37. The minimum Gasteiger partial charge on any atom is -0.497 e. The van der Waals surface area contributed by atoms with Crippen molar-refractivity contribution in [2.45, 2.75) is 25.3 Å². The largest absolute Gasteiger partial charge is 0.497 e. The SMILES string of the molecule is COc1cccc(C(NN)C(C)(C)c2ccccc2)c1. The van der Waals surface area contributed by atoms with E-state index in [1.54, 1.807) is 7.11 Å². The highest BCUT2D eigenvalue weighted by Gasteiger charge is 2.31. The summed E-state index contributed by atoms with van der Waals surface area (Å²) in [5.41, 5.74) is 5.17. The van der Waals surface area contributed by atoms with Crippen LogP contribution in [-0.2, 0) is 5.41 Å². The highest BCUT2D eigenvalue weighted by atomic mass is 16.5. The molecule has 0 saturated heterocycles. The quantitative estimate of drug-likeness (QED) is 0.648. The molecule has 3 nitrogen and oxygen atoms in total. The zero-order valence-corrected chi connectivity index (χ0v) is 12.3. The van der Waals surface area contributed by atoms with Crippen molar-refractivity contribution in [3.05, 3.63) is 65.7 Å². The van der Waals surface area contributed by atoms with Gasteiger partial charge in [-0.2, -0.15) is 0 Å². The van der Waals surface area contributed by atoms with Crippen molar-refractivity contribution in [3.8, 4) is 5.75 Å². The molecule has 3 heteroatoms. The molecule has 106 valence electrons. The average Bonchev–Trinajstić information content (AvgIpc) is 2.49. The van der Waals surface area contributed by atoms with Gasteiger partial charge in [-0.15, -0.1) is 0 Å². The van der Waals surface area contributed by atoms with Gasteiger partial charge < -0.3 is 4.74 Å². The summed E-state index contributed by atoms with van der Waals surface area (Å²) in [5, 5.41) is 0. The Morgan fingerprint density at radius 2 is 1.75 bits per heavy atom. The second kappa shape index (κ2) is 6.07. The lowest BCUT2D eigenvalue weighted by Gasteiger charge is -2.35. The highest BCUT2D eigenvalue weighted by molar-refractivity contribution is 5.36. The Labute approximate surface area is 120 Å². The first kappa shape index (κ1) is 14.6. The number of hydrogen-bond acceptors (Lipinski definition) is 3. The van der Waals surface area contributed by atoms with Gasteiger partial charge in [-0.3, -0.25) is 11.3 Å². The molecule has 20 heavy (non-hydrogen) atoms. The Balaban J connectivity index is 2.40. The fraction of sp³-hybridized carbons (Fsp3) is 0.294. The number of nitrogens with two attached hydrogens (primary N) is 1. The molecule has 0 heterocycles. The van der Waals surface area contributed by atoms with Gasteiger partial charge in [0.05, 0.1) is 13.2 Å². The zero-order chi connectivity index (χ0) is 14.6. The van der Waals surface area contributed by atoms with Crippen molar-refractivity contribution in [2.24, 2.45) is 5.84 Å². The van der Waals surface area contributed by atoms with E-state index in [4.69, 9.17) is 10.6 Å². The van der Waals surface area contributed by atoms with Crippen LogP contribution in [0, 0.1) is 0 Å². The lowest BCUT2D eigenvalue weighted by atomic mass is 9.75. The van der Waals surface area contributed by atoms with E-state index in [1.165, 1.54) is 5.56 Å². The van der Waals surface area contributed by atoms with E-state index < -0.39 is 0 Å². The maximum absolute atomic E-state index is 5.83. The molecule has 0 spiro atoms. The maximum Gasteiger partial charge on any atom is 0.119 e. The number of nitrogens with one attached hydrogen (secondary N) is 1. The van der Waals surface area contributed by atoms with Crippen LogP contribution in [0.25, 0.3) is 0 Å². The summed E-state index contributed by atoms with van der Waals surface area (Å²) in [5.74, 6) is 6.67. The van der Waals surface area contributed by atoms with Crippen LogP contribution in [-0.4, -0.2) is 7.11 Å². The van der Waals surface area contributed by atoms with Gasteiger partial charge in [0.2, 0.25) is 0 Å². The van der Waals surface area contributed by atoms with Crippen LogP contribution in [0.3, 0.4) is 0 Å². The predicted molar refractivity (Wildman–Crippen MR) is 82.5 cm³/mol. The van der Waals surface area contributed by atoms with E-state index in [0.29, 0.717) is 0 Å². The summed E-state index contributed by atoms with van der Waals surface area (Å²) in [4.78, 5) is 0. The van der Waals surface area contributed by atoms with Crippen molar-refractivity contribution < 1.29 is 4.74 Å². The Morgan fingerprint density at radius 1 is 1.05 bits per heavy atom.